The highest BCUT2D eigenvalue weighted by Crippen LogP contribution is 2.31. The van der Waals surface area contributed by atoms with Gasteiger partial charge in [0.05, 0.1) is 23.0 Å². The normalized spacial score (nSPS) is 15.5. The molecule has 5 aromatic carbocycles. The minimum absolute atomic E-state index is 0.153. The molecule has 13 nitrogen and oxygen atoms in total. The molecule has 2 fully saturated rings. The van der Waals surface area contributed by atoms with Gasteiger partial charge in [0.1, 0.15) is 5.69 Å². The lowest BCUT2D eigenvalue weighted by Gasteiger charge is -2.36. The van der Waals surface area contributed by atoms with Crippen LogP contribution in [0.5, 0.6) is 0 Å². The van der Waals surface area contributed by atoms with E-state index in [1.54, 1.807) is 23.9 Å². The molecule has 16 heteroatoms. The van der Waals surface area contributed by atoms with Gasteiger partial charge in [0.25, 0.3) is 21.6 Å². The summed E-state index contributed by atoms with van der Waals surface area (Å²) in [5, 5.41) is 19.8. The highest BCUT2D eigenvalue weighted by Gasteiger charge is 2.26. The fourth-order valence-electron chi connectivity index (χ4n) is 7.58. The number of nitrogens with zero attached hydrogens (tertiary/aromatic N) is 4. The monoisotopic (exact) mass is 897 g/mol. The molecule has 2 saturated heterocycles. The van der Waals surface area contributed by atoms with Crippen molar-refractivity contribution in [1.29, 1.82) is 0 Å². The van der Waals surface area contributed by atoms with Crippen molar-refractivity contribution in [2.45, 2.75) is 28.8 Å². The Morgan fingerprint density at radius 2 is 1.53 bits per heavy atom. The summed E-state index contributed by atoms with van der Waals surface area (Å²) in [6.07, 6.45) is 0.673. The molecule has 7 rings (SSSR count). The van der Waals surface area contributed by atoms with Crippen LogP contribution in [0.15, 0.2) is 131 Å². The average Bonchev–Trinajstić information content (AvgIpc) is 3.29. The summed E-state index contributed by atoms with van der Waals surface area (Å²) in [5.41, 5.74) is 4.43. The van der Waals surface area contributed by atoms with Crippen molar-refractivity contribution in [3.63, 3.8) is 0 Å². The summed E-state index contributed by atoms with van der Waals surface area (Å²) >= 11 is 7.76. The van der Waals surface area contributed by atoms with Gasteiger partial charge in [-0.15, -0.1) is 11.8 Å². The summed E-state index contributed by atoms with van der Waals surface area (Å²) in [7, 11) is -4.45. The highest BCUT2D eigenvalue weighted by atomic mass is 35.5. The van der Waals surface area contributed by atoms with Crippen molar-refractivity contribution < 1.29 is 22.9 Å². The Kier molecular flexibility index (Phi) is 15.9. The largest absolute Gasteiger partial charge is 0.379 e. The maximum absolute atomic E-state index is 13.5. The van der Waals surface area contributed by atoms with E-state index in [0.29, 0.717) is 23.7 Å². The molecule has 1 atom stereocenters. The number of halogens is 1. The van der Waals surface area contributed by atoms with Gasteiger partial charge in [0.15, 0.2) is 0 Å². The molecule has 2 heterocycles. The zero-order valence-electron chi connectivity index (χ0n) is 34.5. The molecule has 1 amide bonds. The van der Waals surface area contributed by atoms with E-state index in [1.807, 2.05) is 72.8 Å². The number of carbonyl (C=O) groups excluding carboxylic acids is 1. The first kappa shape index (κ1) is 45.0. The third-order valence-electron chi connectivity index (χ3n) is 11.1. The predicted molar refractivity (Wildman–Crippen MR) is 248 cm³/mol. The van der Waals surface area contributed by atoms with Crippen LogP contribution < -0.4 is 20.3 Å². The first-order chi connectivity index (χ1) is 30.1. The molecule has 0 radical (unpaired) electrons. The molecular formula is C46H52ClN7O6S2. The Labute approximate surface area is 373 Å². The minimum atomic E-state index is -4.45. The van der Waals surface area contributed by atoms with Gasteiger partial charge < -0.3 is 20.3 Å². The van der Waals surface area contributed by atoms with E-state index in [4.69, 9.17) is 16.3 Å². The molecule has 3 N–H and O–H groups in total. The number of thioether (sulfide) groups is 1. The summed E-state index contributed by atoms with van der Waals surface area (Å²) in [5.74, 6) is -0.206. The number of amides is 1. The number of nitro benzene ring substituents is 1. The molecule has 0 saturated carbocycles. The van der Waals surface area contributed by atoms with Crippen LogP contribution in [0.2, 0.25) is 5.02 Å². The zero-order valence-corrected chi connectivity index (χ0v) is 36.8. The Hall–Kier alpha value is -5.00. The molecule has 326 valence electrons. The average molecular weight is 899 g/mol. The van der Waals surface area contributed by atoms with E-state index in [2.05, 4.69) is 48.3 Å². The smallest absolute Gasteiger partial charge is 0.293 e. The number of nitrogens with one attached hydrogen (secondary N) is 3. The van der Waals surface area contributed by atoms with Gasteiger partial charge in [-0.3, -0.25) is 24.7 Å². The zero-order chi connectivity index (χ0) is 43.3. The van der Waals surface area contributed by atoms with E-state index in [1.165, 1.54) is 23.3 Å². The van der Waals surface area contributed by atoms with Crippen LogP contribution in [0.3, 0.4) is 0 Å². The lowest BCUT2D eigenvalue weighted by Crippen LogP contribution is -2.46. The number of hydrogen-bond acceptors (Lipinski definition) is 12. The van der Waals surface area contributed by atoms with Crippen molar-refractivity contribution in [3.8, 4) is 11.1 Å². The Morgan fingerprint density at radius 1 is 0.823 bits per heavy atom. The lowest BCUT2D eigenvalue weighted by atomic mass is 9.99. The van der Waals surface area contributed by atoms with Crippen molar-refractivity contribution >= 4 is 56.4 Å². The van der Waals surface area contributed by atoms with E-state index >= 15 is 0 Å². The molecule has 0 aromatic heterocycles. The molecular weight excluding hydrogens is 846 g/mol. The number of carbonyl (C=O) groups is 1. The quantitative estimate of drug-likeness (QED) is 0.0332. The molecule has 5 aromatic rings. The SMILES string of the molecule is O=C(NS(=O)(=O)c1ccc(N[C@H](CCNCCN2CCOCC2)CSc2ccccc2)c([N+](=O)[O-])c1)c1ccc(N2CCN(Cc3ccccc3-c3ccc(Cl)cc3)CC2)cc1. The predicted octanol–water partition coefficient (Wildman–Crippen LogP) is 7.24. The number of sulfonamides is 1. The van der Waals surface area contributed by atoms with Crippen molar-refractivity contribution in [3.05, 3.63) is 148 Å². The Balaban J connectivity index is 0.938. The molecule has 0 unspecified atom stereocenters. The van der Waals surface area contributed by atoms with Gasteiger partial charge in [-0.05, 0) is 90.3 Å². The van der Waals surface area contributed by atoms with E-state index in [-0.39, 0.29) is 22.2 Å². The van der Waals surface area contributed by atoms with Crippen LogP contribution in [0.4, 0.5) is 17.1 Å². The van der Waals surface area contributed by atoms with E-state index in [0.717, 1.165) is 94.3 Å². The van der Waals surface area contributed by atoms with Crippen molar-refractivity contribution in [2.75, 3.05) is 88.1 Å². The van der Waals surface area contributed by atoms with Crippen LogP contribution >= 0.6 is 23.4 Å². The number of piperazine rings is 1. The van der Waals surface area contributed by atoms with Gasteiger partial charge in [0, 0.05) is 97.9 Å². The van der Waals surface area contributed by atoms with Crippen LogP contribution in [-0.4, -0.2) is 113 Å². The topological polar surface area (TPSA) is 149 Å². The van der Waals surface area contributed by atoms with Gasteiger partial charge in [-0.25, -0.2) is 13.1 Å². The number of rotatable bonds is 19. The maximum Gasteiger partial charge on any atom is 0.293 e. The summed E-state index contributed by atoms with van der Waals surface area (Å²) < 4.78 is 34.5. The summed E-state index contributed by atoms with van der Waals surface area (Å²) in [4.78, 5) is 32.7. The highest BCUT2D eigenvalue weighted by molar-refractivity contribution is 7.99. The van der Waals surface area contributed by atoms with Crippen LogP contribution in [0, 0.1) is 10.1 Å². The first-order valence-electron chi connectivity index (χ1n) is 20.8. The number of ether oxygens (including phenoxy) is 1. The molecule has 2 aliphatic rings. The molecule has 62 heavy (non-hydrogen) atoms. The second-order valence-electron chi connectivity index (χ2n) is 15.3. The second-order valence-corrected chi connectivity index (χ2v) is 18.5. The standard InChI is InChI=1S/C46H52ClN7O6S2/c47-38-14-10-35(11-15-38)43-9-5-4-6-37(43)33-52-24-26-53(27-25-52)40-16-12-36(13-17-40)46(55)50-62(58,59)42-18-19-44(45(32-42)54(56)57)49-39(34-61-41-7-2-1-3-8-41)20-21-48-22-23-51-28-30-60-31-29-51/h1-19,32,39,48-49H,20-31,33-34H2,(H,50,55)/t39-/m1/s1. The minimum Gasteiger partial charge on any atom is -0.379 e. The molecule has 2 aliphatic heterocycles. The van der Waals surface area contributed by atoms with E-state index < -0.39 is 26.5 Å². The lowest BCUT2D eigenvalue weighted by molar-refractivity contribution is -0.384. The molecule has 0 aliphatic carbocycles. The Bertz CT molecular complexity index is 2360. The number of morpholine rings is 1. The second kappa shape index (κ2) is 21.9. The maximum atomic E-state index is 13.5. The molecule has 0 bridgehead atoms. The van der Waals surface area contributed by atoms with Gasteiger partial charge in [-0.1, -0.05) is 66.2 Å². The van der Waals surface area contributed by atoms with Gasteiger partial charge >= 0.3 is 0 Å². The van der Waals surface area contributed by atoms with Crippen molar-refractivity contribution in [2.24, 2.45) is 0 Å². The first-order valence-corrected chi connectivity index (χ1v) is 23.7. The fraction of sp³-hybridized carbons (Fsp3) is 0.326. The third kappa shape index (κ3) is 12.6. The van der Waals surface area contributed by atoms with Crippen LogP contribution in [0.25, 0.3) is 11.1 Å². The van der Waals surface area contributed by atoms with Crippen molar-refractivity contribution in [1.82, 2.24) is 19.8 Å². The third-order valence-corrected chi connectivity index (χ3v) is 13.8. The molecule has 0 spiro atoms. The Morgan fingerprint density at radius 3 is 2.26 bits per heavy atom. The number of nitro groups is 1. The fourth-order valence-corrected chi connectivity index (χ4v) is 9.70. The number of benzene rings is 5. The van der Waals surface area contributed by atoms with Crippen LogP contribution in [-0.2, 0) is 21.3 Å². The number of anilines is 2. The number of hydrogen-bond donors (Lipinski definition) is 3. The van der Waals surface area contributed by atoms with Gasteiger partial charge in [-0.2, -0.15) is 0 Å². The summed E-state index contributed by atoms with van der Waals surface area (Å²) in [6.45, 7) is 9.77. The van der Waals surface area contributed by atoms with Gasteiger partial charge in [0.2, 0.25) is 0 Å². The summed E-state index contributed by atoms with van der Waals surface area (Å²) in [6, 6.07) is 36.5. The van der Waals surface area contributed by atoms with E-state index in [9.17, 15) is 23.3 Å². The van der Waals surface area contributed by atoms with Crippen LogP contribution in [0.1, 0.15) is 22.3 Å².